The zero-order chi connectivity index (χ0) is 14.2. The van der Waals surface area contributed by atoms with Crippen molar-refractivity contribution >= 4 is 41.4 Å². The predicted octanol–water partition coefficient (Wildman–Crippen LogP) is -4.46. The molecule has 0 unspecified atom stereocenters. The fourth-order valence-electron chi connectivity index (χ4n) is 1.80. The summed E-state index contributed by atoms with van der Waals surface area (Å²) in [5.74, 6) is -2.09. The van der Waals surface area contributed by atoms with Crippen LogP contribution in [0.3, 0.4) is 0 Å². The molecule has 0 aliphatic carbocycles. The van der Waals surface area contributed by atoms with E-state index in [0.29, 0.717) is 9.81 Å². The standard InChI is InChI=1S/C11H11NO5S2.2Na.2H/c1-2-5-8(15)12-7(10(16)17)11(19-9(5)12)18-4-3-6(13)14;;;;/h2,9H,3-4H2,1H3,(H,13,14)(H,16,17);;;;/q;2*+1;2*-1/b5-2+;;;;/t9-;;;;/m1..../s1. The van der Waals surface area contributed by atoms with E-state index in [1.807, 2.05) is 0 Å². The maximum absolute atomic E-state index is 11.8. The summed E-state index contributed by atoms with van der Waals surface area (Å²) in [4.78, 5) is 34.7. The molecule has 1 fully saturated rings. The second kappa shape index (κ2) is 9.02. The number of aliphatic carboxylic acids is 2. The van der Waals surface area contributed by atoms with Gasteiger partial charge in [0.25, 0.3) is 5.91 Å². The van der Waals surface area contributed by atoms with Crippen LogP contribution >= 0.6 is 23.5 Å². The summed E-state index contributed by atoms with van der Waals surface area (Å²) in [6.45, 7) is 1.74. The molecule has 0 radical (unpaired) electrons. The summed E-state index contributed by atoms with van der Waals surface area (Å²) in [5, 5.41) is 17.5. The monoisotopic (exact) mass is 349 g/mol. The number of thioether (sulfide) groups is 2. The Morgan fingerprint density at radius 2 is 2.05 bits per heavy atom. The summed E-state index contributed by atoms with van der Waals surface area (Å²) in [6, 6.07) is 0. The molecule has 2 aliphatic heterocycles. The minimum Gasteiger partial charge on any atom is -1.00 e. The molecule has 2 rings (SSSR count). The molecule has 0 aromatic heterocycles. The number of fused-ring (bicyclic) bond motifs is 1. The van der Waals surface area contributed by atoms with Gasteiger partial charge >= 0.3 is 71.1 Å². The van der Waals surface area contributed by atoms with Crippen molar-refractivity contribution < 1.29 is 86.6 Å². The van der Waals surface area contributed by atoms with Crippen molar-refractivity contribution in [3.05, 3.63) is 21.6 Å². The number of allylic oxidation sites excluding steroid dienone is 1. The van der Waals surface area contributed by atoms with E-state index in [9.17, 15) is 19.5 Å². The largest absolute Gasteiger partial charge is 1.00 e. The molecule has 0 spiro atoms. The number of carboxylic acids is 2. The first-order valence-electron chi connectivity index (χ1n) is 5.46. The number of rotatable bonds is 5. The molecule has 6 nitrogen and oxygen atoms in total. The second-order valence-electron chi connectivity index (χ2n) is 3.82. The van der Waals surface area contributed by atoms with E-state index < -0.39 is 11.9 Å². The van der Waals surface area contributed by atoms with Crippen molar-refractivity contribution in [2.45, 2.75) is 18.7 Å². The van der Waals surface area contributed by atoms with Gasteiger partial charge in [-0.1, -0.05) is 17.8 Å². The van der Waals surface area contributed by atoms with E-state index in [-0.39, 0.29) is 91.1 Å². The van der Waals surface area contributed by atoms with Crippen LogP contribution in [0.4, 0.5) is 0 Å². The van der Waals surface area contributed by atoms with Crippen molar-refractivity contribution in [3.63, 3.8) is 0 Å². The molecular formula is C11H13NNa2O5S2. The fourth-order valence-corrected chi connectivity index (χ4v) is 4.56. The number of hydrogen-bond donors (Lipinski definition) is 2. The summed E-state index contributed by atoms with van der Waals surface area (Å²) >= 11 is 2.46. The van der Waals surface area contributed by atoms with Gasteiger partial charge in [0.2, 0.25) is 0 Å². The SMILES string of the molecule is C/C=C1\C(=O)N2C(C(=O)O)=C(SCCC(=O)O)S[C@H]12.[H-].[H-].[Na+].[Na+]. The molecule has 21 heavy (non-hydrogen) atoms. The van der Waals surface area contributed by atoms with Crippen LogP contribution in [0.2, 0.25) is 0 Å². The minimum atomic E-state index is -1.16. The molecule has 10 heteroatoms. The van der Waals surface area contributed by atoms with E-state index in [1.54, 1.807) is 13.0 Å². The number of carbonyl (C=O) groups is 3. The van der Waals surface area contributed by atoms with Gasteiger partial charge in [-0.15, -0.1) is 11.8 Å². The zero-order valence-electron chi connectivity index (χ0n) is 14.0. The van der Waals surface area contributed by atoms with Gasteiger partial charge in [0.15, 0.2) is 5.70 Å². The molecule has 0 saturated carbocycles. The van der Waals surface area contributed by atoms with Gasteiger partial charge in [0.1, 0.15) is 5.37 Å². The molecule has 0 bridgehead atoms. The summed E-state index contributed by atoms with van der Waals surface area (Å²) in [7, 11) is 0. The van der Waals surface area contributed by atoms with Crippen LogP contribution in [0.15, 0.2) is 21.6 Å². The number of nitrogens with zero attached hydrogens (tertiary/aromatic N) is 1. The Kier molecular flexibility index (Phi) is 9.28. The van der Waals surface area contributed by atoms with E-state index >= 15 is 0 Å². The molecule has 0 aromatic carbocycles. The number of carboxylic acid groups (broad SMARTS) is 2. The second-order valence-corrected chi connectivity index (χ2v) is 6.28. The Balaban J connectivity index is -0.000001000. The molecule has 2 aliphatic rings. The van der Waals surface area contributed by atoms with Crippen LogP contribution < -0.4 is 59.1 Å². The predicted molar refractivity (Wildman–Crippen MR) is 73.6 cm³/mol. The van der Waals surface area contributed by atoms with Crippen LogP contribution in [0.5, 0.6) is 0 Å². The molecule has 106 valence electrons. The van der Waals surface area contributed by atoms with Crippen LogP contribution in [-0.2, 0) is 14.4 Å². The summed E-state index contributed by atoms with van der Waals surface area (Å²) in [5.41, 5.74) is 0.568. The maximum atomic E-state index is 11.8. The van der Waals surface area contributed by atoms with Gasteiger partial charge in [0, 0.05) is 11.3 Å². The topological polar surface area (TPSA) is 94.9 Å². The number of carbonyl (C=O) groups excluding carboxylic acids is 1. The fraction of sp³-hybridized carbons (Fsp3) is 0.364. The Labute approximate surface area is 177 Å². The number of amides is 1. The van der Waals surface area contributed by atoms with Crippen molar-refractivity contribution in [1.29, 1.82) is 0 Å². The third kappa shape index (κ3) is 4.32. The molecule has 1 atom stereocenters. The minimum absolute atomic E-state index is 0. The molecule has 2 N–H and O–H groups in total. The molecular weight excluding hydrogens is 336 g/mol. The van der Waals surface area contributed by atoms with Crippen LogP contribution in [0.1, 0.15) is 16.2 Å². The first-order valence-corrected chi connectivity index (χ1v) is 7.32. The number of β-lactam (4-membered cyclic amide) rings is 1. The Morgan fingerprint density at radius 3 is 2.52 bits per heavy atom. The third-order valence-electron chi connectivity index (χ3n) is 2.68. The first-order chi connectivity index (χ1) is 8.97. The van der Waals surface area contributed by atoms with Crippen molar-refractivity contribution in [2.24, 2.45) is 0 Å². The molecule has 0 aromatic rings. The van der Waals surface area contributed by atoms with Gasteiger partial charge < -0.3 is 13.1 Å². The van der Waals surface area contributed by atoms with Gasteiger partial charge in [-0.3, -0.25) is 14.5 Å². The van der Waals surface area contributed by atoms with E-state index in [4.69, 9.17) is 5.11 Å². The van der Waals surface area contributed by atoms with Gasteiger partial charge in [-0.05, 0) is 6.92 Å². The average molecular weight is 349 g/mol. The smallest absolute Gasteiger partial charge is 1.00 e. The van der Waals surface area contributed by atoms with Crippen LogP contribution in [0.25, 0.3) is 0 Å². The summed E-state index contributed by atoms with van der Waals surface area (Å²) < 4.78 is 0.504. The molecule has 1 saturated heterocycles. The Bertz CT molecular complexity index is 545. The van der Waals surface area contributed by atoms with E-state index in [1.165, 1.54) is 28.4 Å². The van der Waals surface area contributed by atoms with E-state index in [2.05, 4.69) is 0 Å². The Morgan fingerprint density at radius 1 is 1.43 bits per heavy atom. The molecule has 1 amide bonds. The van der Waals surface area contributed by atoms with Crippen molar-refractivity contribution in [3.8, 4) is 0 Å². The van der Waals surface area contributed by atoms with Crippen LogP contribution in [0, 0.1) is 0 Å². The first kappa shape index (κ1) is 21.6. The van der Waals surface area contributed by atoms with Gasteiger partial charge in [-0.25, -0.2) is 4.79 Å². The van der Waals surface area contributed by atoms with Gasteiger partial charge in [-0.2, -0.15) is 0 Å². The quantitative estimate of drug-likeness (QED) is 0.294. The molecule has 2 heterocycles. The third-order valence-corrected chi connectivity index (χ3v) is 5.28. The average Bonchev–Trinajstić information content (AvgIpc) is 2.65. The zero-order valence-corrected chi connectivity index (χ0v) is 17.6. The Hall–Kier alpha value is 0.590. The van der Waals surface area contributed by atoms with E-state index in [0.717, 1.165) is 0 Å². The van der Waals surface area contributed by atoms with Crippen molar-refractivity contribution in [1.82, 2.24) is 4.90 Å². The van der Waals surface area contributed by atoms with Gasteiger partial charge in [0.05, 0.1) is 10.7 Å². The van der Waals surface area contributed by atoms with Crippen LogP contribution in [-0.4, -0.2) is 44.1 Å². The van der Waals surface area contributed by atoms with Crippen molar-refractivity contribution in [2.75, 3.05) is 5.75 Å². The normalized spacial score (nSPS) is 21.4. The number of hydrogen-bond acceptors (Lipinski definition) is 5. The maximum Gasteiger partial charge on any atom is 1.00 e. The summed E-state index contributed by atoms with van der Waals surface area (Å²) in [6.07, 6.45) is 1.64.